The fourth-order valence-electron chi connectivity index (χ4n) is 0.786. The molecule has 0 aliphatic heterocycles. The summed E-state index contributed by atoms with van der Waals surface area (Å²) in [6.07, 6.45) is 0.916. The van der Waals surface area contributed by atoms with Gasteiger partial charge in [0.1, 0.15) is 0 Å². The van der Waals surface area contributed by atoms with Gasteiger partial charge in [0.15, 0.2) is 0 Å². The van der Waals surface area contributed by atoms with Gasteiger partial charge in [-0.25, -0.2) is 0 Å². The van der Waals surface area contributed by atoms with E-state index in [1.807, 2.05) is 6.92 Å². The molecular weight excluding hydrogens is 116 g/mol. The van der Waals surface area contributed by atoms with Crippen LogP contribution in [0.25, 0.3) is 0 Å². The third-order valence-corrected chi connectivity index (χ3v) is 1.51. The highest BCUT2D eigenvalue weighted by atomic mass is 16.5. The van der Waals surface area contributed by atoms with Crippen molar-refractivity contribution < 1.29 is 9.53 Å². The second-order valence-electron chi connectivity index (χ2n) is 2.35. The molecule has 0 aromatic carbocycles. The van der Waals surface area contributed by atoms with Crippen molar-refractivity contribution >= 4 is 5.97 Å². The Morgan fingerprint density at radius 2 is 2.44 bits per heavy atom. The van der Waals surface area contributed by atoms with Gasteiger partial charge in [-0.2, -0.15) is 0 Å². The van der Waals surface area contributed by atoms with E-state index in [1.54, 1.807) is 0 Å². The molecule has 1 saturated carbocycles. The minimum atomic E-state index is -0.0718. The van der Waals surface area contributed by atoms with E-state index in [4.69, 9.17) is 4.74 Å². The summed E-state index contributed by atoms with van der Waals surface area (Å²) >= 11 is 0. The monoisotopic (exact) mass is 127 g/mol. The van der Waals surface area contributed by atoms with Crippen molar-refractivity contribution in [1.82, 2.24) is 0 Å². The van der Waals surface area contributed by atoms with Crippen molar-refractivity contribution in [3.8, 4) is 0 Å². The number of hydrogen-bond donors (Lipinski definition) is 0. The molecule has 1 aliphatic rings. The first-order valence-electron chi connectivity index (χ1n) is 3.25. The Balaban J connectivity index is 2.20. The molecule has 0 aromatic heterocycles. The molecule has 0 amide bonds. The van der Waals surface area contributed by atoms with Crippen LogP contribution >= 0.6 is 0 Å². The van der Waals surface area contributed by atoms with Crippen molar-refractivity contribution in [2.75, 3.05) is 6.61 Å². The van der Waals surface area contributed by atoms with Gasteiger partial charge in [0.2, 0.25) is 0 Å². The number of ether oxygens (including phenoxy) is 1. The zero-order chi connectivity index (χ0) is 6.85. The quantitative estimate of drug-likeness (QED) is 0.518. The molecule has 0 bridgehead atoms. The Morgan fingerprint density at radius 3 is 2.78 bits per heavy atom. The molecule has 1 fully saturated rings. The SMILES string of the molecule is [CH2]C1CC1C(=O)OCC. The number of carbonyl (C=O) groups excluding carboxylic acids is 1. The molecule has 2 heteroatoms. The van der Waals surface area contributed by atoms with Crippen molar-refractivity contribution in [3.05, 3.63) is 6.92 Å². The fourth-order valence-corrected chi connectivity index (χ4v) is 0.786. The fraction of sp³-hybridized carbons (Fsp3) is 0.714. The van der Waals surface area contributed by atoms with Gasteiger partial charge < -0.3 is 4.74 Å². The van der Waals surface area contributed by atoms with Crippen LogP contribution in [0.5, 0.6) is 0 Å². The van der Waals surface area contributed by atoms with Crippen LogP contribution in [0, 0.1) is 18.8 Å². The first-order valence-corrected chi connectivity index (χ1v) is 3.25. The highest BCUT2D eigenvalue weighted by Crippen LogP contribution is 2.38. The predicted octanol–water partition coefficient (Wildman–Crippen LogP) is 1.02. The number of rotatable bonds is 2. The van der Waals surface area contributed by atoms with Gasteiger partial charge in [0.05, 0.1) is 12.5 Å². The maximum Gasteiger partial charge on any atom is 0.309 e. The Kier molecular flexibility index (Phi) is 1.74. The van der Waals surface area contributed by atoms with E-state index in [-0.39, 0.29) is 11.9 Å². The van der Waals surface area contributed by atoms with E-state index in [0.29, 0.717) is 12.5 Å². The summed E-state index contributed by atoms with van der Waals surface area (Å²) in [5.74, 6) is 0.367. The summed E-state index contributed by atoms with van der Waals surface area (Å²) in [7, 11) is 0. The molecular formula is C7H11O2. The maximum atomic E-state index is 10.8. The average molecular weight is 127 g/mol. The smallest absolute Gasteiger partial charge is 0.309 e. The number of esters is 1. The number of carbonyl (C=O) groups is 1. The standard InChI is InChI=1S/C7H11O2/c1-3-9-7(8)6-4-5(6)2/h5-6H,2-4H2,1H3. The lowest BCUT2D eigenvalue weighted by Crippen LogP contribution is -2.06. The topological polar surface area (TPSA) is 26.3 Å². The first-order chi connectivity index (χ1) is 4.25. The maximum absolute atomic E-state index is 10.8. The van der Waals surface area contributed by atoms with Gasteiger partial charge in [-0.3, -0.25) is 4.79 Å². The van der Waals surface area contributed by atoms with Crippen LogP contribution in [0.1, 0.15) is 13.3 Å². The molecule has 0 saturated heterocycles. The van der Waals surface area contributed by atoms with Crippen LogP contribution < -0.4 is 0 Å². The van der Waals surface area contributed by atoms with Crippen LogP contribution in [0.2, 0.25) is 0 Å². The highest BCUT2D eigenvalue weighted by Gasteiger charge is 2.40. The van der Waals surface area contributed by atoms with E-state index in [0.717, 1.165) is 6.42 Å². The molecule has 2 atom stereocenters. The molecule has 2 nitrogen and oxygen atoms in total. The van der Waals surface area contributed by atoms with E-state index in [2.05, 4.69) is 6.92 Å². The third kappa shape index (κ3) is 1.44. The molecule has 1 aliphatic carbocycles. The predicted molar refractivity (Wildman–Crippen MR) is 33.6 cm³/mol. The Hall–Kier alpha value is -0.530. The first kappa shape index (κ1) is 6.59. The van der Waals surface area contributed by atoms with Crippen LogP contribution in [0.3, 0.4) is 0 Å². The molecule has 0 heterocycles. The zero-order valence-electron chi connectivity index (χ0n) is 5.59. The van der Waals surface area contributed by atoms with Crippen molar-refractivity contribution in [1.29, 1.82) is 0 Å². The normalized spacial score (nSPS) is 31.8. The van der Waals surface area contributed by atoms with Crippen LogP contribution in [0.4, 0.5) is 0 Å². The molecule has 0 aromatic rings. The lowest BCUT2D eigenvalue weighted by Gasteiger charge is -1.96. The van der Waals surface area contributed by atoms with Crippen molar-refractivity contribution in [3.63, 3.8) is 0 Å². The Morgan fingerprint density at radius 1 is 1.89 bits per heavy atom. The Bertz CT molecular complexity index is 120. The van der Waals surface area contributed by atoms with E-state index in [1.165, 1.54) is 0 Å². The minimum Gasteiger partial charge on any atom is -0.466 e. The van der Waals surface area contributed by atoms with Crippen LogP contribution in [-0.2, 0) is 9.53 Å². The van der Waals surface area contributed by atoms with Gasteiger partial charge in [-0.1, -0.05) is 0 Å². The zero-order valence-corrected chi connectivity index (χ0v) is 5.59. The Labute approximate surface area is 55.2 Å². The summed E-state index contributed by atoms with van der Waals surface area (Å²) in [5, 5.41) is 0. The summed E-state index contributed by atoms with van der Waals surface area (Å²) < 4.78 is 4.76. The highest BCUT2D eigenvalue weighted by molar-refractivity contribution is 5.75. The molecule has 0 N–H and O–H groups in total. The van der Waals surface area contributed by atoms with Crippen molar-refractivity contribution in [2.24, 2.45) is 11.8 Å². The second-order valence-corrected chi connectivity index (χ2v) is 2.35. The van der Waals surface area contributed by atoms with Crippen LogP contribution in [-0.4, -0.2) is 12.6 Å². The molecule has 2 unspecified atom stereocenters. The largest absolute Gasteiger partial charge is 0.466 e. The molecule has 1 rings (SSSR count). The average Bonchev–Trinajstić information content (AvgIpc) is 2.47. The number of hydrogen-bond acceptors (Lipinski definition) is 2. The second kappa shape index (κ2) is 2.38. The molecule has 51 valence electrons. The summed E-state index contributed by atoms with van der Waals surface area (Å²) in [5.41, 5.74) is 0. The van der Waals surface area contributed by atoms with E-state index >= 15 is 0 Å². The van der Waals surface area contributed by atoms with Gasteiger partial charge in [-0.15, -0.1) is 0 Å². The van der Waals surface area contributed by atoms with Gasteiger partial charge in [0.25, 0.3) is 0 Å². The molecule has 0 spiro atoms. The lowest BCUT2D eigenvalue weighted by molar-refractivity contribution is -0.144. The molecule has 9 heavy (non-hydrogen) atoms. The molecule has 1 radical (unpaired) electrons. The minimum absolute atomic E-state index is 0.0718. The van der Waals surface area contributed by atoms with Crippen molar-refractivity contribution in [2.45, 2.75) is 13.3 Å². The van der Waals surface area contributed by atoms with E-state index < -0.39 is 0 Å². The van der Waals surface area contributed by atoms with Gasteiger partial charge >= 0.3 is 5.97 Å². The summed E-state index contributed by atoms with van der Waals surface area (Å²) in [6.45, 7) is 6.04. The van der Waals surface area contributed by atoms with Gasteiger partial charge in [0, 0.05) is 0 Å². The summed E-state index contributed by atoms with van der Waals surface area (Å²) in [6, 6.07) is 0. The van der Waals surface area contributed by atoms with Crippen LogP contribution in [0.15, 0.2) is 0 Å². The summed E-state index contributed by atoms with van der Waals surface area (Å²) in [4.78, 5) is 10.8. The third-order valence-electron chi connectivity index (χ3n) is 1.51. The lowest BCUT2D eigenvalue weighted by atomic mass is 10.3. The van der Waals surface area contributed by atoms with E-state index in [9.17, 15) is 4.79 Å². The van der Waals surface area contributed by atoms with Gasteiger partial charge in [-0.05, 0) is 26.2 Å².